The van der Waals surface area contributed by atoms with Gasteiger partial charge in [-0.3, -0.25) is 10.1 Å². The molecular formula is C14H18N2O3. The van der Waals surface area contributed by atoms with Crippen molar-refractivity contribution in [2.24, 2.45) is 4.99 Å². The van der Waals surface area contributed by atoms with Crippen LogP contribution in [0.15, 0.2) is 29.3 Å². The molecule has 1 fully saturated rings. The zero-order valence-corrected chi connectivity index (χ0v) is 11.2. The lowest BCUT2D eigenvalue weighted by atomic mass is 10.2. The molecule has 1 N–H and O–H groups in total. The zero-order chi connectivity index (χ0) is 13.7. The monoisotopic (exact) mass is 262 g/mol. The lowest BCUT2D eigenvalue weighted by molar-refractivity contribution is 0.0966. The van der Waals surface area contributed by atoms with Crippen LogP contribution >= 0.6 is 0 Å². The first-order valence-corrected chi connectivity index (χ1v) is 6.39. The number of nitrogens with zero attached hydrogens (tertiary/aromatic N) is 1. The average molecular weight is 262 g/mol. The fourth-order valence-electron chi connectivity index (χ4n) is 1.52. The van der Waals surface area contributed by atoms with Gasteiger partial charge in [-0.25, -0.2) is 4.99 Å². The molecule has 102 valence electrons. The van der Waals surface area contributed by atoms with Crippen LogP contribution in [0.1, 0.15) is 30.1 Å². The van der Waals surface area contributed by atoms with Crippen LogP contribution in [0.2, 0.25) is 0 Å². The summed E-state index contributed by atoms with van der Waals surface area (Å²) in [5, 5.41) is 2.69. The van der Waals surface area contributed by atoms with Crippen LogP contribution in [-0.4, -0.2) is 31.7 Å². The molecule has 0 bridgehead atoms. The largest absolute Gasteiger partial charge is 0.497 e. The van der Waals surface area contributed by atoms with Gasteiger partial charge in [0.05, 0.1) is 19.8 Å². The Hall–Kier alpha value is -2.04. The van der Waals surface area contributed by atoms with E-state index in [2.05, 4.69) is 10.3 Å². The smallest absolute Gasteiger partial charge is 0.291 e. The Bertz CT molecular complexity index is 464. The number of rotatable bonds is 4. The van der Waals surface area contributed by atoms with Gasteiger partial charge in [-0.15, -0.1) is 0 Å². The summed E-state index contributed by atoms with van der Waals surface area (Å²) in [6.45, 7) is 2.34. The minimum Gasteiger partial charge on any atom is -0.497 e. The minimum absolute atomic E-state index is 0.226. The number of benzene rings is 1. The quantitative estimate of drug-likeness (QED) is 0.666. The van der Waals surface area contributed by atoms with E-state index < -0.39 is 0 Å². The van der Waals surface area contributed by atoms with Crippen molar-refractivity contribution in [3.63, 3.8) is 0 Å². The molecule has 1 saturated carbocycles. The SMILES string of the molecule is CCOC(=NC1CC1)NC(=O)c1ccc(OC)cc1. The standard InChI is InChI=1S/C14H18N2O3/c1-3-19-14(15-11-6-7-11)16-13(17)10-4-8-12(18-2)9-5-10/h4-5,8-9,11H,3,6-7H2,1-2H3,(H,15,16,17). The van der Waals surface area contributed by atoms with Gasteiger partial charge >= 0.3 is 0 Å². The van der Waals surface area contributed by atoms with Crippen LogP contribution in [0.5, 0.6) is 5.75 Å². The summed E-state index contributed by atoms with van der Waals surface area (Å²) in [7, 11) is 1.59. The highest BCUT2D eigenvalue weighted by molar-refractivity contribution is 6.04. The summed E-state index contributed by atoms with van der Waals surface area (Å²) >= 11 is 0. The van der Waals surface area contributed by atoms with E-state index in [0.717, 1.165) is 12.8 Å². The van der Waals surface area contributed by atoms with Gasteiger partial charge in [-0.1, -0.05) is 0 Å². The van der Waals surface area contributed by atoms with Gasteiger partial charge in [-0.05, 0) is 44.0 Å². The molecule has 0 saturated heterocycles. The highest BCUT2D eigenvalue weighted by atomic mass is 16.5. The molecular weight excluding hydrogens is 244 g/mol. The van der Waals surface area contributed by atoms with E-state index in [0.29, 0.717) is 30.0 Å². The molecule has 0 heterocycles. The molecule has 1 aromatic carbocycles. The van der Waals surface area contributed by atoms with Crippen molar-refractivity contribution in [2.45, 2.75) is 25.8 Å². The molecule has 1 aliphatic rings. The van der Waals surface area contributed by atoms with Crippen molar-refractivity contribution < 1.29 is 14.3 Å². The number of hydrogen-bond acceptors (Lipinski definition) is 4. The third-order valence-corrected chi connectivity index (χ3v) is 2.70. The predicted molar refractivity (Wildman–Crippen MR) is 72.5 cm³/mol. The Balaban J connectivity index is 2.01. The van der Waals surface area contributed by atoms with Crippen LogP contribution in [0, 0.1) is 0 Å². The normalized spacial score (nSPS) is 14.9. The lowest BCUT2D eigenvalue weighted by Gasteiger charge is -2.09. The Morgan fingerprint density at radius 2 is 2.05 bits per heavy atom. The average Bonchev–Trinajstić information content (AvgIpc) is 3.23. The number of nitrogens with one attached hydrogen (secondary N) is 1. The molecule has 0 spiro atoms. The van der Waals surface area contributed by atoms with Crippen molar-refractivity contribution in [3.05, 3.63) is 29.8 Å². The van der Waals surface area contributed by atoms with E-state index in [1.807, 2.05) is 6.92 Å². The van der Waals surface area contributed by atoms with E-state index in [1.54, 1.807) is 31.4 Å². The van der Waals surface area contributed by atoms with Gasteiger partial charge in [-0.2, -0.15) is 0 Å². The molecule has 1 aromatic rings. The molecule has 0 aliphatic heterocycles. The summed E-state index contributed by atoms with van der Waals surface area (Å²) in [6, 6.07) is 7.51. The maximum Gasteiger partial charge on any atom is 0.291 e. The van der Waals surface area contributed by atoms with Crippen molar-refractivity contribution >= 4 is 11.9 Å². The van der Waals surface area contributed by atoms with Gasteiger partial charge < -0.3 is 9.47 Å². The maximum absolute atomic E-state index is 12.0. The molecule has 2 rings (SSSR count). The summed E-state index contributed by atoms with van der Waals surface area (Å²) in [6.07, 6.45) is 2.13. The maximum atomic E-state index is 12.0. The first-order chi connectivity index (χ1) is 9.22. The van der Waals surface area contributed by atoms with Gasteiger partial charge in [0.25, 0.3) is 11.9 Å². The molecule has 0 aromatic heterocycles. The second kappa shape index (κ2) is 6.22. The third kappa shape index (κ3) is 3.98. The zero-order valence-electron chi connectivity index (χ0n) is 11.2. The summed E-state index contributed by atoms with van der Waals surface area (Å²) in [5.41, 5.74) is 0.545. The Morgan fingerprint density at radius 1 is 1.37 bits per heavy atom. The molecule has 1 amide bonds. The molecule has 0 radical (unpaired) electrons. The molecule has 5 nitrogen and oxygen atoms in total. The predicted octanol–water partition coefficient (Wildman–Crippen LogP) is 1.98. The van der Waals surface area contributed by atoms with Gasteiger partial charge in [0.1, 0.15) is 5.75 Å². The highest BCUT2D eigenvalue weighted by Gasteiger charge is 2.22. The first kappa shape index (κ1) is 13.4. The number of amides is 1. The van der Waals surface area contributed by atoms with Crippen LogP contribution in [-0.2, 0) is 4.74 Å². The van der Waals surface area contributed by atoms with E-state index in [1.165, 1.54) is 0 Å². The van der Waals surface area contributed by atoms with Crippen molar-refractivity contribution in [3.8, 4) is 5.75 Å². The number of carbonyl (C=O) groups is 1. The number of ether oxygens (including phenoxy) is 2. The molecule has 19 heavy (non-hydrogen) atoms. The fourth-order valence-corrected chi connectivity index (χ4v) is 1.52. The van der Waals surface area contributed by atoms with E-state index in [4.69, 9.17) is 9.47 Å². The van der Waals surface area contributed by atoms with E-state index in [-0.39, 0.29) is 5.91 Å². The van der Waals surface area contributed by atoms with Crippen LogP contribution < -0.4 is 10.1 Å². The molecule has 0 atom stereocenters. The van der Waals surface area contributed by atoms with Gasteiger partial charge in [0.15, 0.2) is 0 Å². The topological polar surface area (TPSA) is 59.9 Å². The van der Waals surface area contributed by atoms with Crippen molar-refractivity contribution in [1.29, 1.82) is 0 Å². The second-order valence-electron chi connectivity index (χ2n) is 4.28. The lowest BCUT2D eigenvalue weighted by Crippen LogP contribution is -2.32. The van der Waals surface area contributed by atoms with E-state index >= 15 is 0 Å². The summed E-state index contributed by atoms with van der Waals surface area (Å²) < 4.78 is 10.4. The number of amidine groups is 1. The Morgan fingerprint density at radius 3 is 2.58 bits per heavy atom. The summed E-state index contributed by atoms with van der Waals surface area (Å²) in [4.78, 5) is 16.3. The molecule has 1 aliphatic carbocycles. The number of hydrogen-bond donors (Lipinski definition) is 1. The van der Waals surface area contributed by atoms with E-state index in [9.17, 15) is 4.79 Å². The Kier molecular flexibility index (Phi) is 4.39. The minimum atomic E-state index is -0.226. The van der Waals surface area contributed by atoms with Crippen LogP contribution in [0.3, 0.4) is 0 Å². The summed E-state index contributed by atoms with van der Waals surface area (Å²) in [5.74, 6) is 0.490. The number of aliphatic imine (C=N–C) groups is 1. The molecule has 5 heteroatoms. The van der Waals surface area contributed by atoms with Crippen LogP contribution in [0.25, 0.3) is 0 Å². The fraction of sp³-hybridized carbons (Fsp3) is 0.429. The number of carbonyl (C=O) groups excluding carboxylic acids is 1. The van der Waals surface area contributed by atoms with Gasteiger partial charge in [0.2, 0.25) is 0 Å². The van der Waals surface area contributed by atoms with Crippen LogP contribution in [0.4, 0.5) is 0 Å². The Labute approximate surface area is 112 Å². The molecule has 0 unspecified atom stereocenters. The third-order valence-electron chi connectivity index (χ3n) is 2.70. The highest BCUT2D eigenvalue weighted by Crippen LogP contribution is 2.23. The second-order valence-corrected chi connectivity index (χ2v) is 4.28. The van der Waals surface area contributed by atoms with Gasteiger partial charge in [0, 0.05) is 5.56 Å². The number of methoxy groups -OCH3 is 1. The van der Waals surface area contributed by atoms with Crippen molar-refractivity contribution in [2.75, 3.05) is 13.7 Å². The van der Waals surface area contributed by atoms with Crippen molar-refractivity contribution in [1.82, 2.24) is 5.32 Å². The first-order valence-electron chi connectivity index (χ1n) is 6.39.